The maximum absolute atomic E-state index is 13.7. The first-order valence-corrected chi connectivity index (χ1v) is 10.3. The molecule has 0 amide bonds. The molecule has 1 heterocycles. The minimum Gasteiger partial charge on any atom is -0.356 e. The summed E-state index contributed by atoms with van der Waals surface area (Å²) >= 11 is 0. The Balaban J connectivity index is 0.00000320. The van der Waals surface area contributed by atoms with Gasteiger partial charge < -0.3 is 15.5 Å². The standard InChI is InChI=1S/C23H32FN5.HI/c1-25-23(26-12-11-21-5-3-4-6-22(21)24)27-17-19-7-9-20(10-8-19)18-29-15-13-28(2)14-16-29;/h3-10H,11-18H2,1-2H3,(H2,25,26,27);1H. The van der Waals surface area contributed by atoms with E-state index in [0.29, 0.717) is 25.1 Å². The highest BCUT2D eigenvalue weighted by Crippen LogP contribution is 2.10. The van der Waals surface area contributed by atoms with E-state index in [1.165, 1.54) is 17.2 Å². The quantitative estimate of drug-likeness (QED) is 0.332. The van der Waals surface area contributed by atoms with E-state index in [4.69, 9.17) is 0 Å². The largest absolute Gasteiger partial charge is 0.356 e. The lowest BCUT2D eigenvalue weighted by Crippen LogP contribution is -2.43. The zero-order valence-electron chi connectivity index (χ0n) is 17.9. The van der Waals surface area contributed by atoms with Gasteiger partial charge in [0.1, 0.15) is 5.82 Å². The van der Waals surface area contributed by atoms with Crippen molar-refractivity contribution in [3.8, 4) is 0 Å². The van der Waals surface area contributed by atoms with Crippen LogP contribution in [0.15, 0.2) is 53.5 Å². The summed E-state index contributed by atoms with van der Waals surface area (Å²) in [5.41, 5.74) is 3.28. The molecule has 1 aliphatic rings. The van der Waals surface area contributed by atoms with Gasteiger partial charge in [0.2, 0.25) is 0 Å². The first-order valence-electron chi connectivity index (χ1n) is 10.3. The number of guanidine groups is 1. The molecule has 5 nitrogen and oxygen atoms in total. The van der Waals surface area contributed by atoms with E-state index >= 15 is 0 Å². The van der Waals surface area contributed by atoms with E-state index in [1.54, 1.807) is 13.1 Å². The third-order valence-electron chi connectivity index (χ3n) is 5.35. The van der Waals surface area contributed by atoms with E-state index in [1.807, 2.05) is 12.1 Å². The summed E-state index contributed by atoms with van der Waals surface area (Å²) in [6, 6.07) is 15.7. The number of aliphatic imine (C=N–C) groups is 1. The Morgan fingerprint density at radius 2 is 1.63 bits per heavy atom. The first kappa shape index (κ1) is 24.6. The highest BCUT2D eigenvalue weighted by atomic mass is 127. The van der Waals surface area contributed by atoms with Crippen LogP contribution >= 0.6 is 24.0 Å². The average Bonchev–Trinajstić information content (AvgIpc) is 2.74. The number of nitrogens with one attached hydrogen (secondary N) is 2. The molecule has 1 fully saturated rings. The smallest absolute Gasteiger partial charge is 0.191 e. The van der Waals surface area contributed by atoms with Gasteiger partial charge in [-0.15, -0.1) is 24.0 Å². The first-order chi connectivity index (χ1) is 14.1. The van der Waals surface area contributed by atoms with Crippen LogP contribution in [-0.2, 0) is 19.5 Å². The van der Waals surface area contributed by atoms with Crippen LogP contribution in [0.4, 0.5) is 4.39 Å². The Hall–Kier alpha value is -1.71. The SMILES string of the molecule is CN=C(NCCc1ccccc1F)NCc1ccc(CN2CCN(C)CC2)cc1.I. The molecule has 2 aromatic rings. The molecule has 0 atom stereocenters. The molecule has 0 bridgehead atoms. The maximum Gasteiger partial charge on any atom is 0.191 e. The zero-order valence-corrected chi connectivity index (χ0v) is 20.2. The van der Waals surface area contributed by atoms with Crippen molar-refractivity contribution >= 4 is 29.9 Å². The highest BCUT2D eigenvalue weighted by Gasteiger charge is 2.13. The fourth-order valence-electron chi connectivity index (χ4n) is 3.45. The van der Waals surface area contributed by atoms with Crippen LogP contribution in [0.1, 0.15) is 16.7 Å². The Morgan fingerprint density at radius 3 is 2.30 bits per heavy atom. The number of halogens is 2. The number of hydrogen-bond acceptors (Lipinski definition) is 3. The van der Waals surface area contributed by atoms with E-state index < -0.39 is 0 Å². The second-order valence-electron chi connectivity index (χ2n) is 7.59. The summed E-state index contributed by atoms with van der Waals surface area (Å²) in [4.78, 5) is 9.13. The fraction of sp³-hybridized carbons (Fsp3) is 0.435. The predicted octanol–water partition coefficient (Wildman–Crippen LogP) is 3.10. The fourth-order valence-corrected chi connectivity index (χ4v) is 3.45. The molecule has 164 valence electrons. The lowest BCUT2D eigenvalue weighted by atomic mass is 10.1. The molecule has 1 aliphatic heterocycles. The molecule has 1 saturated heterocycles. The van der Waals surface area contributed by atoms with Crippen LogP contribution in [0.25, 0.3) is 0 Å². The van der Waals surface area contributed by atoms with E-state index in [2.05, 4.69) is 56.7 Å². The van der Waals surface area contributed by atoms with Gasteiger partial charge >= 0.3 is 0 Å². The van der Waals surface area contributed by atoms with Gasteiger partial charge in [-0.3, -0.25) is 9.89 Å². The van der Waals surface area contributed by atoms with Gasteiger partial charge in [-0.25, -0.2) is 4.39 Å². The molecule has 3 rings (SSSR count). The summed E-state index contributed by atoms with van der Waals surface area (Å²) < 4.78 is 13.7. The molecular weight excluding hydrogens is 492 g/mol. The Kier molecular flexibility index (Phi) is 10.5. The number of rotatable bonds is 7. The number of piperazine rings is 1. The van der Waals surface area contributed by atoms with Crippen LogP contribution in [0, 0.1) is 5.82 Å². The minimum atomic E-state index is -0.158. The van der Waals surface area contributed by atoms with Crippen molar-refractivity contribution in [2.45, 2.75) is 19.5 Å². The summed E-state index contributed by atoms with van der Waals surface area (Å²) in [6.07, 6.45) is 0.619. The number of benzene rings is 2. The van der Waals surface area contributed by atoms with Crippen molar-refractivity contribution in [2.24, 2.45) is 4.99 Å². The molecule has 0 unspecified atom stereocenters. The molecule has 0 aromatic heterocycles. The molecule has 2 N–H and O–H groups in total. The third-order valence-corrected chi connectivity index (χ3v) is 5.35. The topological polar surface area (TPSA) is 42.9 Å². The lowest BCUT2D eigenvalue weighted by Gasteiger charge is -2.32. The third kappa shape index (κ3) is 7.85. The Morgan fingerprint density at radius 1 is 0.967 bits per heavy atom. The van der Waals surface area contributed by atoms with Crippen molar-refractivity contribution in [3.63, 3.8) is 0 Å². The van der Waals surface area contributed by atoms with Gasteiger partial charge in [-0.1, -0.05) is 42.5 Å². The molecule has 7 heteroatoms. The second kappa shape index (κ2) is 12.9. The predicted molar refractivity (Wildman–Crippen MR) is 133 cm³/mol. The molecule has 0 spiro atoms. The summed E-state index contributed by atoms with van der Waals surface area (Å²) in [5.74, 6) is 0.566. The summed E-state index contributed by atoms with van der Waals surface area (Å²) in [7, 11) is 3.93. The summed E-state index contributed by atoms with van der Waals surface area (Å²) in [5, 5.41) is 6.57. The van der Waals surface area contributed by atoms with E-state index in [-0.39, 0.29) is 29.8 Å². The normalized spacial score (nSPS) is 15.5. The van der Waals surface area contributed by atoms with E-state index in [9.17, 15) is 4.39 Å². The van der Waals surface area contributed by atoms with Crippen molar-refractivity contribution in [1.29, 1.82) is 0 Å². The lowest BCUT2D eigenvalue weighted by molar-refractivity contribution is 0.148. The van der Waals surface area contributed by atoms with Gasteiger partial charge in [-0.2, -0.15) is 0 Å². The van der Waals surface area contributed by atoms with E-state index in [0.717, 1.165) is 38.7 Å². The van der Waals surface area contributed by atoms with Crippen molar-refractivity contribution in [1.82, 2.24) is 20.4 Å². The van der Waals surface area contributed by atoms with Crippen LogP contribution in [0.2, 0.25) is 0 Å². The van der Waals surface area contributed by atoms with Crippen LogP contribution < -0.4 is 10.6 Å². The molecule has 0 aliphatic carbocycles. The van der Waals surface area contributed by atoms with Gasteiger partial charge in [0, 0.05) is 52.9 Å². The monoisotopic (exact) mass is 525 g/mol. The second-order valence-corrected chi connectivity index (χ2v) is 7.59. The number of hydrogen-bond donors (Lipinski definition) is 2. The zero-order chi connectivity index (χ0) is 20.5. The molecule has 30 heavy (non-hydrogen) atoms. The Bertz CT molecular complexity index is 788. The molecule has 0 saturated carbocycles. The van der Waals surface area contributed by atoms with Crippen molar-refractivity contribution in [3.05, 3.63) is 71.0 Å². The number of likely N-dealkylation sites (N-methyl/N-ethyl adjacent to an activating group) is 1. The molecular formula is C23H33FIN5. The van der Waals surface area contributed by atoms with Gasteiger partial charge in [-0.05, 0) is 36.2 Å². The Labute approximate surface area is 196 Å². The van der Waals surface area contributed by atoms with Gasteiger partial charge in [0.05, 0.1) is 0 Å². The van der Waals surface area contributed by atoms with Crippen molar-refractivity contribution < 1.29 is 4.39 Å². The average molecular weight is 525 g/mol. The molecule has 2 aromatic carbocycles. The minimum absolute atomic E-state index is 0. The number of nitrogens with zero attached hydrogens (tertiary/aromatic N) is 3. The van der Waals surface area contributed by atoms with Crippen LogP contribution in [-0.4, -0.2) is 62.6 Å². The van der Waals surface area contributed by atoms with Crippen LogP contribution in [0.3, 0.4) is 0 Å². The van der Waals surface area contributed by atoms with Crippen LogP contribution in [0.5, 0.6) is 0 Å². The highest BCUT2D eigenvalue weighted by molar-refractivity contribution is 14.0. The van der Waals surface area contributed by atoms with Crippen molar-refractivity contribution in [2.75, 3.05) is 46.8 Å². The van der Waals surface area contributed by atoms with Gasteiger partial charge in [0.25, 0.3) is 0 Å². The molecule has 0 radical (unpaired) electrons. The van der Waals surface area contributed by atoms with Gasteiger partial charge in [0.15, 0.2) is 5.96 Å². The maximum atomic E-state index is 13.7. The summed E-state index contributed by atoms with van der Waals surface area (Å²) in [6.45, 7) is 6.90.